The molecule has 1 heterocycles. The lowest BCUT2D eigenvalue weighted by Gasteiger charge is -2.21. The number of hydrogen-bond acceptors (Lipinski definition) is 4. The molecule has 0 saturated carbocycles. The molecule has 0 fully saturated rings. The minimum Gasteiger partial charge on any atom is -0.392 e. The normalized spacial score (nSPS) is 22.8. The third-order valence-corrected chi connectivity index (χ3v) is 2.18. The first kappa shape index (κ1) is 10.5. The monoisotopic (exact) mass is 187 g/mol. The van der Waals surface area contributed by atoms with Crippen LogP contribution in [0.15, 0.2) is 5.16 Å². The first-order valence-corrected chi connectivity index (χ1v) is 4.45. The Morgan fingerprint density at radius 1 is 1.69 bits per heavy atom. The first-order chi connectivity index (χ1) is 6.07. The molecular weight excluding hydrogens is 170 g/mol. The number of rotatable bonds is 4. The van der Waals surface area contributed by atoms with Crippen molar-refractivity contribution < 1.29 is 14.7 Å². The van der Waals surface area contributed by atoms with Crippen molar-refractivity contribution in [3.8, 4) is 0 Å². The largest absolute Gasteiger partial charge is 0.392 e. The molecule has 4 nitrogen and oxygen atoms in total. The highest BCUT2D eigenvalue weighted by Gasteiger charge is 2.26. The number of methoxy groups -OCH3 is 1. The van der Waals surface area contributed by atoms with Gasteiger partial charge < -0.3 is 14.7 Å². The van der Waals surface area contributed by atoms with E-state index in [4.69, 9.17) is 14.7 Å². The summed E-state index contributed by atoms with van der Waals surface area (Å²) in [7, 11) is 1.68. The molecule has 13 heavy (non-hydrogen) atoms. The maximum atomic E-state index is 8.81. The lowest BCUT2D eigenvalue weighted by molar-refractivity contribution is 0.0287. The van der Waals surface area contributed by atoms with Gasteiger partial charge in [-0.15, -0.1) is 0 Å². The molecule has 4 heteroatoms. The highest BCUT2D eigenvalue weighted by Crippen LogP contribution is 2.20. The molecule has 0 aromatic heterocycles. The maximum Gasteiger partial charge on any atom is 0.155 e. The molecule has 1 unspecified atom stereocenters. The van der Waals surface area contributed by atoms with E-state index in [-0.39, 0.29) is 18.3 Å². The van der Waals surface area contributed by atoms with Crippen LogP contribution >= 0.6 is 0 Å². The maximum absolute atomic E-state index is 8.81. The predicted molar refractivity (Wildman–Crippen MR) is 49.7 cm³/mol. The van der Waals surface area contributed by atoms with Crippen LogP contribution in [0, 0.1) is 0 Å². The molecule has 76 valence electrons. The average Bonchev–Trinajstić information content (AvgIpc) is 2.52. The van der Waals surface area contributed by atoms with Gasteiger partial charge in [0.25, 0.3) is 0 Å². The summed E-state index contributed by atoms with van der Waals surface area (Å²) in [5, 5.41) is 12.7. The average molecular weight is 187 g/mol. The molecule has 0 spiro atoms. The standard InChI is InChI=1S/C9H17NO3/c1-9(2,12-3)5-7-4-8(6-11)13-10-7/h8,11H,4-6H2,1-3H3. The minimum atomic E-state index is -0.202. The van der Waals surface area contributed by atoms with E-state index >= 15 is 0 Å². The van der Waals surface area contributed by atoms with Crippen molar-refractivity contribution in [1.29, 1.82) is 0 Å². The van der Waals surface area contributed by atoms with Gasteiger partial charge in [0.05, 0.1) is 17.9 Å². The molecule has 0 saturated heterocycles. The van der Waals surface area contributed by atoms with Gasteiger partial charge in [0.15, 0.2) is 6.10 Å². The Labute approximate surface area is 78.5 Å². The van der Waals surface area contributed by atoms with E-state index in [0.717, 1.165) is 12.1 Å². The van der Waals surface area contributed by atoms with Crippen molar-refractivity contribution in [3.63, 3.8) is 0 Å². The summed E-state index contributed by atoms with van der Waals surface area (Å²) in [5.74, 6) is 0. The summed E-state index contributed by atoms with van der Waals surface area (Å²) in [4.78, 5) is 4.99. The SMILES string of the molecule is COC(C)(C)CC1=NOC(CO)C1. The van der Waals surface area contributed by atoms with Crippen LogP contribution < -0.4 is 0 Å². The Morgan fingerprint density at radius 2 is 2.38 bits per heavy atom. The lowest BCUT2D eigenvalue weighted by Crippen LogP contribution is -2.26. The third kappa shape index (κ3) is 2.97. The van der Waals surface area contributed by atoms with E-state index in [2.05, 4.69) is 5.16 Å². The van der Waals surface area contributed by atoms with Crippen LogP contribution in [0.25, 0.3) is 0 Å². The summed E-state index contributed by atoms with van der Waals surface area (Å²) >= 11 is 0. The van der Waals surface area contributed by atoms with Gasteiger partial charge in [0.1, 0.15) is 0 Å². The second kappa shape index (κ2) is 4.07. The van der Waals surface area contributed by atoms with Crippen molar-refractivity contribution in [2.24, 2.45) is 5.16 Å². The van der Waals surface area contributed by atoms with Crippen molar-refractivity contribution in [2.75, 3.05) is 13.7 Å². The Bertz CT molecular complexity index is 201. The van der Waals surface area contributed by atoms with Gasteiger partial charge in [-0.25, -0.2) is 0 Å². The molecule has 0 amide bonds. The van der Waals surface area contributed by atoms with Crippen LogP contribution in [0.4, 0.5) is 0 Å². The second-order valence-electron chi connectivity index (χ2n) is 3.91. The molecule has 0 bridgehead atoms. The zero-order valence-corrected chi connectivity index (χ0v) is 8.41. The Balaban J connectivity index is 2.40. The summed E-state index contributed by atoms with van der Waals surface area (Å²) in [6.45, 7) is 4.03. The molecular formula is C9H17NO3. The molecule has 1 atom stereocenters. The van der Waals surface area contributed by atoms with Crippen molar-refractivity contribution in [1.82, 2.24) is 0 Å². The van der Waals surface area contributed by atoms with E-state index < -0.39 is 0 Å². The zero-order chi connectivity index (χ0) is 9.90. The number of nitrogens with zero attached hydrogens (tertiary/aromatic N) is 1. The van der Waals surface area contributed by atoms with Gasteiger partial charge in [0.2, 0.25) is 0 Å². The minimum absolute atomic E-state index is 0.0282. The van der Waals surface area contributed by atoms with Crippen LogP contribution in [0.3, 0.4) is 0 Å². The van der Waals surface area contributed by atoms with E-state index in [1.807, 2.05) is 13.8 Å². The fraction of sp³-hybridized carbons (Fsp3) is 0.889. The molecule has 1 aliphatic rings. The van der Waals surface area contributed by atoms with Crippen LogP contribution in [0.1, 0.15) is 26.7 Å². The molecule has 0 aromatic carbocycles. The molecule has 0 aromatic rings. The molecule has 1 N–H and O–H groups in total. The van der Waals surface area contributed by atoms with Gasteiger partial charge in [-0.3, -0.25) is 0 Å². The first-order valence-electron chi connectivity index (χ1n) is 4.45. The van der Waals surface area contributed by atoms with Gasteiger partial charge >= 0.3 is 0 Å². The van der Waals surface area contributed by atoms with Crippen LogP contribution in [-0.4, -0.2) is 36.2 Å². The molecule has 0 aliphatic carbocycles. The van der Waals surface area contributed by atoms with E-state index in [1.54, 1.807) is 7.11 Å². The van der Waals surface area contributed by atoms with E-state index in [1.165, 1.54) is 0 Å². The predicted octanol–water partition coefficient (Wildman–Crippen LogP) is 0.939. The van der Waals surface area contributed by atoms with Crippen LogP contribution in [0.5, 0.6) is 0 Å². The van der Waals surface area contributed by atoms with Gasteiger partial charge in [-0.2, -0.15) is 0 Å². The smallest absolute Gasteiger partial charge is 0.155 e. The highest BCUT2D eigenvalue weighted by molar-refractivity contribution is 5.86. The molecule has 1 rings (SSSR count). The number of aliphatic hydroxyl groups excluding tert-OH is 1. The number of aliphatic hydroxyl groups is 1. The summed E-state index contributed by atoms with van der Waals surface area (Å²) < 4.78 is 5.27. The molecule has 0 radical (unpaired) electrons. The number of oxime groups is 1. The summed E-state index contributed by atoms with van der Waals surface area (Å²) in [5.41, 5.74) is 0.762. The van der Waals surface area contributed by atoms with Gasteiger partial charge in [-0.1, -0.05) is 5.16 Å². The number of ether oxygens (including phenoxy) is 1. The number of hydrogen-bond donors (Lipinski definition) is 1. The van der Waals surface area contributed by atoms with E-state index in [0.29, 0.717) is 6.42 Å². The molecule has 1 aliphatic heterocycles. The topological polar surface area (TPSA) is 51.0 Å². The Kier molecular flexibility index (Phi) is 3.27. The fourth-order valence-corrected chi connectivity index (χ4v) is 1.25. The lowest BCUT2D eigenvalue weighted by atomic mass is 9.98. The van der Waals surface area contributed by atoms with Gasteiger partial charge in [-0.05, 0) is 13.8 Å². The van der Waals surface area contributed by atoms with Crippen LogP contribution in [0.2, 0.25) is 0 Å². The van der Waals surface area contributed by atoms with E-state index in [9.17, 15) is 0 Å². The Hall–Kier alpha value is -0.610. The Morgan fingerprint density at radius 3 is 2.85 bits per heavy atom. The highest BCUT2D eigenvalue weighted by atomic mass is 16.6. The summed E-state index contributed by atoms with van der Waals surface area (Å²) in [6.07, 6.45) is 1.31. The van der Waals surface area contributed by atoms with Gasteiger partial charge in [0, 0.05) is 20.0 Å². The van der Waals surface area contributed by atoms with Crippen molar-refractivity contribution in [2.45, 2.75) is 38.4 Å². The summed E-state index contributed by atoms with van der Waals surface area (Å²) in [6, 6.07) is 0. The van der Waals surface area contributed by atoms with Crippen molar-refractivity contribution in [3.05, 3.63) is 0 Å². The van der Waals surface area contributed by atoms with Crippen molar-refractivity contribution >= 4 is 5.71 Å². The fourth-order valence-electron chi connectivity index (χ4n) is 1.25. The zero-order valence-electron chi connectivity index (χ0n) is 8.41. The van der Waals surface area contributed by atoms with Crippen LogP contribution in [-0.2, 0) is 9.57 Å². The quantitative estimate of drug-likeness (QED) is 0.712. The third-order valence-electron chi connectivity index (χ3n) is 2.18. The second-order valence-corrected chi connectivity index (χ2v) is 3.91.